The third-order valence-corrected chi connectivity index (χ3v) is 4.98. The summed E-state index contributed by atoms with van der Waals surface area (Å²) in [6.45, 7) is 0. The Hall–Kier alpha value is 1.45. The first-order valence-corrected chi connectivity index (χ1v) is 5.74. The van der Waals surface area contributed by atoms with Gasteiger partial charge in [-0.25, -0.2) is 0 Å². The molecule has 0 bridgehead atoms. The zero-order chi connectivity index (χ0) is 7.72. The number of benzene rings is 1. The van der Waals surface area contributed by atoms with Crippen LogP contribution in [0.1, 0.15) is 0 Å². The molecule has 0 N–H and O–H groups in total. The van der Waals surface area contributed by atoms with Crippen molar-refractivity contribution in [2.45, 2.75) is 0 Å². The van der Waals surface area contributed by atoms with Crippen molar-refractivity contribution in [3.05, 3.63) is 28.8 Å². The van der Waals surface area contributed by atoms with Crippen LogP contribution in [0.15, 0.2) is 16.6 Å². The normalized spacial score (nSPS) is 10.0. The molecule has 0 atom stereocenters. The summed E-state index contributed by atoms with van der Waals surface area (Å²) >= 11 is 13.7. The van der Waals surface area contributed by atoms with Gasteiger partial charge in [-0.15, -0.1) is 0 Å². The van der Waals surface area contributed by atoms with E-state index in [-0.39, 0.29) is 0 Å². The lowest BCUT2D eigenvalue weighted by atomic mass is 10.4. The second-order valence-electron chi connectivity index (χ2n) is 1.68. The molecule has 1 rings (SSSR count). The Balaban J connectivity index is 3.28. The third-order valence-electron chi connectivity index (χ3n) is 0.963. The molecule has 0 spiro atoms. The molecule has 0 nitrogen and oxygen atoms in total. The molecule has 10 heavy (non-hydrogen) atoms. The molecule has 0 unspecified atom stereocenters. The van der Waals surface area contributed by atoms with Gasteiger partial charge in [-0.1, -0.05) is 11.6 Å². The molecular formula is C6H2BrClI2. The van der Waals surface area contributed by atoms with Crippen molar-refractivity contribution in [2.75, 3.05) is 0 Å². The molecule has 54 valence electrons. The van der Waals surface area contributed by atoms with Crippen LogP contribution in [-0.2, 0) is 0 Å². The topological polar surface area (TPSA) is 0 Å². The van der Waals surface area contributed by atoms with E-state index in [9.17, 15) is 0 Å². The molecular weight excluding hydrogens is 441 g/mol. The van der Waals surface area contributed by atoms with Gasteiger partial charge in [-0.05, 0) is 73.2 Å². The summed E-state index contributed by atoms with van der Waals surface area (Å²) in [6, 6.07) is 3.94. The Morgan fingerprint density at radius 2 is 1.70 bits per heavy atom. The van der Waals surface area contributed by atoms with Crippen LogP contribution in [0.5, 0.6) is 0 Å². The van der Waals surface area contributed by atoms with Gasteiger partial charge in [0, 0.05) is 11.6 Å². The van der Waals surface area contributed by atoms with E-state index < -0.39 is 0 Å². The van der Waals surface area contributed by atoms with Crippen LogP contribution in [-0.4, -0.2) is 0 Å². The van der Waals surface area contributed by atoms with Crippen LogP contribution in [0, 0.1) is 7.14 Å². The highest BCUT2D eigenvalue weighted by Gasteiger charge is 2.00. The maximum Gasteiger partial charge on any atom is 0.0559 e. The standard InChI is InChI=1S/C6H2BrClI2/c7-3-1-5(9)6(10)2-4(3)8/h1-2H. The van der Waals surface area contributed by atoms with Gasteiger partial charge in [-0.2, -0.15) is 0 Å². The lowest BCUT2D eigenvalue weighted by molar-refractivity contribution is 1.54. The van der Waals surface area contributed by atoms with Gasteiger partial charge in [-0.3, -0.25) is 0 Å². The summed E-state index contributed by atoms with van der Waals surface area (Å²) in [7, 11) is 0. The fourth-order valence-electron chi connectivity index (χ4n) is 0.498. The van der Waals surface area contributed by atoms with Crippen LogP contribution >= 0.6 is 72.7 Å². The molecule has 0 aliphatic rings. The summed E-state index contributed by atoms with van der Waals surface area (Å²) in [5, 5.41) is 0.768. The lowest BCUT2D eigenvalue weighted by Crippen LogP contribution is -1.79. The van der Waals surface area contributed by atoms with Crippen molar-refractivity contribution in [1.29, 1.82) is 0 Å². The Morgan fingerprint density at radius 1 is 1.20 bits per heavy atom. The fourth-order valence-corrected chi connectivity index (χ4v) is 2.55. The molecule has 0 aromatic heterocycles. The van der Waals surface area contributed by atoms with Crippen molar-refractivity contribution < 1.29 is 0 Å². The van der Waals surface area contributed by atoms with Crippen LogP contribution in [0.4, 0.5) is 0 Å². The Kier molecular flexibility index (Phi) is 3.73. The summed E-state index contributed by atoms with van der Waals surface area (Å²) in [5.74, 6) is 0. The predicted molar refractivity (Wildman–Crippen MR) is 64.6 cm³/mol. The largest absolute Gasteiger partial charge is 0.0831 e. The van der Waals surface area contributed by atoms with Gasteiger partial charge in [0.05, 0.1) is 5.02 Å². The second kappa shape index (κ2) is 3.91. The van der Waals surface area contributed by atoms with E-state index in [2.05, 4.69) is 61.1 Å². The number of halogens is 4. The van der Waals surface area contributed by atoms with E-state index in [0.717, 1.165) is 9.50 Å². The maximum atomic E-state index is 5.83. The summed E-state index contributed by atoms with van der Waals surface area (Å²) in [4.78, 5) is 0. The van der Waals surface area contributed by atoms with E-state index in [4.69, 9.17) is 11.6 Å². The summed E-state index contributed by atoms with van der Waals surface area (Å²) in [6.07, 6.45) is 0. The van der Waals surface area contributed by atoms with Crippen molar-refractivity contribution in [3.63, 3.8) is 0 Å². The number of rotatable bonds is 0. The monoisotopic (exact) mass is 442 g/mol. The highest BCUT2D eigenvalue weighted by Crippen LogP contribution is 2.27. The molecule has 0 fully saturated rings. The summed E-state index contributed by atoms with van der Waals surface area (Å²) < 4.78 is 3.36. The van der Waals surface area contributed by atoms with E-state index in [1.165, 1.54) is 7.14 Å². The number of hydrogen-bond acceptors (Lipinski definition) is 0. The minimum atomic E-state index is 0.768. The Morgan fingerprint density at radius 3 is 2.20 bits per heavy atom. The highest BCUT2D eigenvalue weighted by molar-refractivity contribution is 14.1. The van der Waals surface area contributed by atoms with E-state index in [0.29, 0.717) is 0 Å². The molecule has 0 saturated heterocycles. The van der Waals surface area contributed by atoms with Gasteiger partial charge in [0.25, 0.3) is 0 Å². The van der Waals surface area contributed by atoms with Crippen molar-refractivity contribution in [2.24, 2.45) is 0 Å². The average Bonchev–Trinajstić information content (AvgIpc) is 1.84. The second-order valence-corrected chi connectivity index (χ2v) is 5.27. The zero-order valence-electron chi connectivity index (χ0n) is 4.67. The minimum absolute atomic E-state index is 0.768. The minimum Gasteiger partial charge on any atom is -0.0831 e. The predicted octanol–water partition coefficient (Wildman–Crippen LogP) is 4.31. The summed E-state index contributed by atoms with van der Waals surface area (Å²) in [5.41, 5.74) is 0. The molecule has 0 amide bonds. The molecule has 0 heterocycles. The zero-order valence-corrected chi connectivity index (χ0v) is 11.3. The molecule has 1 aromatic rings. The molecule has 4 heteroatoms. The van der Waals surface area contributed by atoms with Crippen molar-refractivity contribution in [3.8, 4) is 0 Å². The molecule has 0 saturated carbocycles. The smallest absolute Gasteiger partial charge is 0.0559 e. The van der Waals surface area contributed by atoms with Crippen LogP contribution in [0.2, 0.25) is 5.02 Å². The van der Waals surface area contributed by atoms with Gasteiger partial charge in [0.1, 0.15) is 0 Å². The molecule has 1 aromatic carbocycles. The van der Waals surface area contributed by atoms with Crippen molar-refractivity contribution in [1.82, 2.24) is 0 Å². The molecule has 0 aliphatic carbocycles. The quantitative estimate of drug-likeness (QED) is 0.414. The molecule has 0 aliphatic heterocycles. The first-order valence-electron chi connectivity index (χ1n) is 2.41. The Bertz CT molecular complexity index is 212. The van der Waals surface area contributed by atoms with E-state index in [1.54, 1.807) is 0 Å². The highest BCUT2D eigenvalue weighted by atomic mass is 127. The van der Waals surface area contributed by atoms with E-state index >= 15 is 0 Å². The van der Waals surface area contributed by atoms with Gasteiger partial charge < -0.3 is 0 Å². The van der Waals surface area contributed by atoms with Crippen molar-refractivity contribution >= 4 is 72.7 Å². The number of hydrogen-bond donors (Lipinski definition) is 0. The SMILES string of the molecule is Clc1cc(I)c(I)cc1Br. The van der Waals surface area contributed by atoms with Gasteiger partial charge >= 0.3 is 0 Å². The van der Waals surface area contributed by atoms with Crippen LogP contribution in [0.25, 0.3) is 0 Å². The fraction of sp³-hybridized carbons (Fsp3) is 0. The first-order chi connectivity index (χ1) is 4.61. The van der Waals surface area contributed by atoms with Crippen LogP contribution < -0.4 is 0 Å². The van der Waals surface area contributed by atoms with E-state index in [1.807, 2.05) is 12.1 Å². The van der Waals surface area contributed by atoms with Gasteiger partial charge in [0.15, 0.2) is 0 Å². The van der Waals surface area contributed by atoms with Crippen LogP contribution in [0.3, 0.4) is 0 Å². The van der Waals surface area contributed by atoms with Gasteiger partial charge in [0.2, 0.25) is 0 Å². The average molecular weight is 443 g/mol. The lowest BCUT2D eigenvalue weighted by Gasteiger charge is -1.98. The first kappa shape index (κ1) is 9.54. The maximum absolute atomic E-state index is 5.83. The third kappa shape index (κ3) is 2.22. The molecule has 0 radical (unpaired) electrons. The Labute approximate surface area is 100 Å².